The number of halogens is 2. The molecule has 1 aromatic carbocycles. The van der Waals surface area contributed by atoms with E-state index in [9.17, 15) is 8.78 Å². The Kier molecular flexibility index (Phi) is 4.67. The van der Waals surface area contributed by atoms with Crippen LogP contribution in [0, 0.1) is 23.5 Å². The van der Waals surface area contributed by atoms with Gasteiger partial charge in [0.2, 0.25) is 5.95 Å². The van der Waals surface area contributed by atoms with E-state index >= 15 is 0 Å². The number of nitrogens with zero attached hydrogens (tertiary/aromatic N) is 2. The second-order valence-electron chi connectivity index (χ2n) is 4.30. The molecule has 4 nitrogen and oxygen atoms in total. The van der Waals surface area contributed by atoms with Crippen LogP contribution in [0.15, 0.2) is 24.5 Å². The number of hydrogen-bond donors (Lipinski definition) is 2. The van der Waals surface area contributed by atoms with Gasteiger partial charge in [0.05, 0.1) is 16.8 Å². The molecule has 21 heavy (non-hydrogen) atoms. The Balaban J connectivity index is 2.22. The van der Waals surface area contributed by atoms with Crippen molar-refractivity contribution in [1.82, 2.24) is 9.97 Å². The number of hydrogen-bond acceptors (Lipinski definition) is 4. The van der Waals surface area contributed by atoms with Crippen molar-refractivity contribution in [2.24, 2.45) is 0 Å². The van der Waals surface area contributed by atoms with Crippen molar-refractivity contribution in [1.29, 1.82) is 0 Å². The molecule has 3 N–H and O–H groups in total. The number of nitrogen functional groups attached to an aromatic ring is 1. The zero-order valence-corrected chi connectivity index (χ0v) is 11.5. The normalized spacial score (nSPS) is 9.86. The van der Waals surface area contributed by atoms with E-state index < -0.39 is 11.6 Å². The van der Waals surface area contributed by atoms with Crippen molar-refractivity contribution in [3.63, 3.8) is 0 Å². The number of rotatable bonds is 3. The summed E-state index contributed by atoms with van der Waals surface area (Å²) >= 11 is 0. The van der Waals surface area contributed by atoms with Crippen molar-refractivity contribution in [3.05, 3.63) is 47.3 Å². The number of anilines is 2. The van der Waals surface area contributed by atoms with Crippen molar-refractivity contribution in [2.45, 2.75) is 13.3 Å². The third-order valence-electron chi connectivity index (χ3n) is 2.64. The van der Waals surface area contributed by atoms with Gasteiger partial charge in [-0.1, -0.05) is 18.8 Å². The molecule has 0 radical (unpaired) electrons. The minimum Gasteiger partial charge on any atom is -0.396 e. The Bertz CT molecular complexity index is 687. The van der Waals surface area contributed by atoms with Gasteiger partial charge in [-0.15, -0.1) is 0 Å². The lowest BCUT2D eigenvalue weighted by atomic mass is 10.1. The fraction of sp³-hybridized carbons (Fsp3) is 0.200. The lowest BCUT2D eigenvalue weighted by molar-refractivity contribution is 0.580. The van der Waals surface area contributed by atoms with Gasteiger partial charge < -0.3 is 11.1 Å². The van der Waals surface area contributed by atoms with Crippen LogP contribution < -0.4 is 11.1 Å². The average Bonchev–Trinajstić information content (AvgIpc) is 2.50. The maximum atomic E-state index is 13.7. The molecular formula is C15H14F2N4. The van der Waals surface area contributed by atoms with Crippen molar-refractivity contribution >= 4 is 11.6 Å². The van der Waals surface area contributed by atoms with Gasteiger partial charge in [-0.2, -0.15) is 0 Å². The second-order valence-corrected chi connectivity index (χ2v) is 4.30. The molecule has 0 amide bonds. The van der Waals surface area contributed by atoms with Crippen LogP contribution in [-0.4, -0.2) is 16.5 Å². The first-order valence-corrected chi connectivity index (χ1v) is 6.43. The molecule has 0 saturated heterocycles. The van der Waals surface area contributed by atoms with Gasteiger partial charge in [-0.3, -0.25) is 0 Å². The number of aromatic nitrogens is 2. The monoisotopic (exact) mass is 288 g/mol. The molecule has 0 saturated carbocycles. The van der Waals surface area contributed by atoms with E-state index in [-0.39, 0.29) is 11.3 Å². The highest BCUT2D eigenvalue weighted by molar-refractivity contribution is 5.51. The standard InChI is InChI=1S/C15H14F2N4/c1-2-7-19-15-20-8-10(9-21-15)3-4-11-12(16)5-6-13(18)14(11)17/h5-6,8-9H,2,7,18H2,1H3,(H,19,20,21). The van der Waals surface area contributed by atoms with Gasteiger partial charge in [0, 0.05) is 18.9 Å². The molecule has 0 aliphatic carbocycles. The number of nitrogens with two attached hydrogens (primary N) is 1. The fourth-order valence-electron chi connectivity index (χ4n) is 1.54. The molecule has 2 rings (SSSR count). The van der Waals surface area contributed by atoms with Crippen LogP contribution in [0.5, 0.6) is 0 Å². The van der Waals surface area contributed by atoms with Gasteiger partial charge in [0.25, 0.3) is 0 Å². The largest absolute Gasteiger partial charge is 0.396 e. The molecule has 0 bridgehead atoms. The molecule has 0 atom stereocenters. The summed E-state index contributed by atoms with van der Waals surface area (Å²) in [5.74, 6) is 3.91. The molecule has 0 aliphatic heterocycles. The third kappa shape index (κ3) is 3.66. The third-order valence-corrected chi connectivity index (χ3v) is 2.64. The number of benzene rings is 1. The Labute approximate surface area is 121 Å². The highest BCUT2D eigenvalue weighted by atomic mass is 19.1. The first-order valence-electron chi connectivity index (χ1n) is 6.43. The molecule has 1 aromatic heterocycles. The van der Waals surface area contributed by atoms with Gasteiger partial charge in [-0.25, -0.2) is 18.7 Å². The molecule has 0 spiro atoms. The van der Waals surface area contributed by atoms with Crippen LogP contribution in [0.4, 0.5) is 20.4 Å². The van der Waals surface area contributed by atoms with E-state index in [1.165, 1.54) is 12.4 Å². The van der Waals surface area contributed by atoms with E-state index in [1.54, 1.807) is 0 Å². The van der Waals surface area contributed by atoms with Crippen molar-refractivity contribution < 1.29 is 8.78 Å². The minimum atomic E-state index is -0.857. The van der Waals surface area contributed by atoms with Gasteiger partial charge in [0.1, 0.15) is 5.82 Å². The first kappa shape index (κ1) is 14.7. The van der Waals surface area contributed by atoms with Crippen LogP contribution >= 0.6 is 0 Å². The summed E-state index contributed by atoms with van der Waals surface area (Å²) in [7, 11) is 0. The van der Waals surface area contributed by atoms with Crippen LogP contribution in [0.2, 0.25) is 0 Å². The highest BCUT2D eigenvalue weighted by Gasteiger charge is 2.09. The minimum absolute atomic E-state index is 0.143. The van der Waals surface area contributed by atoms with Gasteiger partial charge in [-0.05, 0) is 18.6 Å². The summed E-state index contributed by atoms with van der Waals surface area (Å²) in [6, 6.07) is 2.24. The SMILES string of the molecule is CCCNc1ncc(C#Cc2c(F)ccc(N)c2F)cn1. The predicted molar refractivity (Wildman–Crippen MR) is 77.6 cm³/mol. The van der Waals surface area contributed by atoms with Crippen LogP contribution in [0.3, 0.4) is 0 Å². The van der Waals surface area contributed by atoms with E-state index in [0.717, 1.165) is 25.1 Å². The molecule has 0 fully saturated rings. The van der Waals surface area contributed by atoms with Crippen LogP contribution in [0.1, 0.15) is 24.5 Å². The lowest BCUT2D eigenvalue weighted by Gasteiger charge is -2.01. The van der Waals surface area contributed by atoms with E-state index in [2.05, 4.69) is 27.1 Å². The van der Waals surface area contributed by atoms with Crippen LogP contribution in [-0.2, 0) is 0 Å². The van der Waals surface area contributed by atoms with Crippen molar-refractivity contribution in [2.75, 3.05) is 17.6 Å². The molecule has 0 aliphatic rings. The fourth-order valence-corrected chi connectivity index (χ4v) is 1.54. The summed E-state index contributed by atoms with van der Waals surface area (Å²) in [4.78, 5) is 8.11. The van der Waals surface area contributed by atoms with E-state index in [0.29, 0.717) is 11.5 Å². The summed E-state index contributed by atoms with van der Waals surface area (Å²) in [6.45, 7) is 2.80. The Morgan fingerprint density at radius 1 is 1.19 bits per heavy atom. The summed E-state index contributed by atoms with van der Waals surface area (Å²) in [5.41, 5.74) is 5.34. The molecular weight excluding hydrogens is 274 g/mol. The zero-order chi connectivity index (χ0) is 15.2. The average molecular weight is 288 g/mol. The molecule has 2 aromatic rings. The van der Waals surface area contributed by atoms with E-state index in [4.69, 9.17) is 5.73 Å². The maximum absolute atomic E-state index is 13.7. The quantitative estimate of drug-likeness (QED) is 0.673. The zero-order valence-electron chi connectivity index (χ0n) is 11.5. The Hall–Kier alpha value is -2.68. The maximum Gasteiger partial charge on any atom is 0.222 e. The predicted octanol–water partition coefficient (Wildman–Crippen LogP) is 2.56. The topological polar surface area (TPSA) is 63.8 Å². The van der Waals surface area contributed by atoms with Gasteiger partial charge in [0.15, 0.2) is 5.82 Å². The molecule has 6 heteroatoms. The lowest BCUT2D eigenvalue weighted by Crippen LogP contribution is -2.03. The summed E-state index contributed by atoms with van der Waals surface area (Å²) in [5, 5.41) is 3.01. The van der Waals surface area contributed by atoms with E-state index in [1.807, 2.05) is 6.92 Å². The number of nitrogens with one attached hydrogen (secondary N) is 1. The Morgan fingerprint density at radius 3 is 2.57 bits per heavy atom. The summed E-state index contributed by atoms with van der Waals surface area (Å²) < 4.78 is 27.2. The Morgan fingerprint density at radius 2 is 1.90 bits per heavy atom. The molecule has 108 valence electrons. The molecule has 0 unspecified atom stereocenters. The molecule has 1 heterocycles. The second kappa shape index (κ2) is 6.66. The smallest absolute Gasteiger partial charge is 0.222 e. The van der Waals surface area contributed by atoms with Gasteiger partial charge >= 0.3 is 0 Å². The highest BCUT2D eigenvalue weighted by Crippen LogP contribution is 2.17. The van der Waals surface area contributed by atoms with Crippen molar-refractivity contribution in [3.8, 4) is 11.8 Å². The summed E-state index contributed by atoms with van der Waals surface area (Å²) in [6.07, 6.45) is 3.93. The first-order chi connectivity index (χ1) is 10.1. The van der Waals surface area contributed by atoms with Crippen LogP contribution in [0.25, 0.3) is 0 Å².